The molecule has 1 unspecified atom stereocenters. The number of ketones is 3. The number of rotatable bonds is 25. The molecule has 1 aliphatic carbocycles. The molecule has 0 saturated carbocycles. The van der Waals surface area contributed by atoms with Gasteiger partial charge in [0, 0.05) is 86.5 Å². The van der Waals surface area contributed by atoms with E-state index in [0.29, 0.717) is 53.4 Å². The lowest BCUT2D eigenvalue weighted by Gasteiger charge is -2.37. The summed E-state index contributed by atoms with van der Waals surface area (Å²) in [6.07, 6.45) is -7.47. The van der Waals surface area contributed by atoms with Crippen molar-refractivity contribution in [1.82, 2.24) is 30.0 Å². The van der Waals surface area contributed by atoms with E-state index in [0.717, 1.165) is 4.90 Å². The number of alkyl halides is 3. The van der Waals surface area contributed by atoms with Gasteiger partial charge in [-0.1, -0.05) is 50.6 Å². The number of nitrogens with zero attached hydrogens (tertiary/aromatic N) is 4. The number of hydrogen-bond donors (Lipinski definition) is 3. The fourth-order valence-corrected chi connectivity index (χ4v) is 11.3. The van der Waals surface area contributed by atoms with Crippen LogP contribution in [0.4, 0.5) is 17.6 Å². The zero-order chi connectivity index (χ0) is 58.7. The predicted molar refractivity (Wildman–Crippen MR) is 281 cm³/mol. The van der Waals surface area contributed by atoms with Crippen LogP contribution in [0.15, 0.2) is 47.3 Å². The number of unbranched alkanes of at least 4 members (excludes halogenated alkanes) is 2. The number of aliphatic hydroxyl groups is 1. The van der Waals surface area contributed by atoms with E-state index in [2.05, 4.69) is 10.6 Å². The molecule has 2 aromatic carbocycles. The van der Waals surface area contributed by atoms with E-state index >= 15 is 4.39 Å². The minimum atomic E-state index is -5.28. The summed E-state index contributed by atoms with van der Waals surface area (Å²) in [5, 5.41) is 16.7. The van der Waals surface area contributed by atoms with E-state index in [1.54, 1.807) is 44.2 Å². The van der Waals surface area contributed by atoms with Crippen molar-refractivity contribution in [2.24, 2.45) is 11.8 Å². The van der Waals surface area contributed by atoms with Gasteiger partial charge in [-0.15, -0.1) is 0 Å². The van der Waals surface area contributed by atoms with Crippen LogP contribution in [0.2, 0.25) is 0 Å². The first-order valence-electron chi connectivity index (χ1n) is 27.2. The number of amides is 5. The molecule has 3 aliphatic heterocycles. The number of halogens is 4. The number of pyridine rings is 2. The number of aryl methyl sites for hydroxylation is 1. The van der Waals surface area contributed by atoms with Crippen LogP contribution in [0.25, 0.3) is 22.3 Å². The Bertz CT molecular complexity index is 3270. The molecule has 3 N–H and O–H groups in total. The Hall–Kier alpha value is -7.53. The first kappa shape index (κ1) is 59.6. The van der Waals surface area contributed by atoms with Crippen molar-refractivity contribution in [2.75, 3.05) is 33.3 Å². The summed E-state index contributed by atoms with van der Waals surface area (Å²) in [7, 11) is 1.17. The molecule has 1 fully saturated rings. The maximum Gasteiger partial charge on any atom is 0.423 e. The molecule has 5 heterocycles. The molecule has 0 bridgehead atoms. The van der Waals surface area contributed by atoms with Gasteiger partial charge in [0.25, 0.3) is 11.5 Å². The van der Waals surface area contributed by atoms with Crippen LogP contribution in [0.1, 0.15) is 129 Å². The monoisotopic (exact) mass is 1130 g/mol. The number of cyclic esters (lactones) is 1. The first-order chi connectivity index (χ1) is 38.4. The molecular formula is C58H64F4N6O13. The highest BCUT2D eigenvalue weighted by Crippen LogP contribution is 2.48. The van der Waals surface area contributed by atoms with Crippen molar-refractivity contribution < 1.29 is 75.3 Å². The van der Waals surface area contributed by atoms with E-state index in [1.165, 1.54) is 35.6 Å². The number of Topliss-reactive ketones (excluding diaryl/α,β-unsaturated/α-hetero) is 3. The molecule has 432 valence electrons. The summed E-state index contributed by atoms with van der Waals surface area (Å²) in [6.45, 7) is 2.51. The van der Waals surface area contributed by atoms with E-state index in [-0.39, 0.29) is 121 Å². The fourth-order valence-electron chi connectivity index (χ4n) is 11.3. The number of fused-ring (bicyclic) bond motifs is 5. The van der Waals surface area contributed by atoms with E-state index in [1.807, 2.05) is 0 Å². The number of aromatic nitrogens is 2. The van der Waals surface area contributed by atoms with E-state index in [4.69, 9.17) is 14.5 Å². The molecule has 19 nitrogen and oxygen atoms in total. The molecule has 8 rings (SSSR count). The van der Waals surface area contributed by atoms with Gasteiger partial charge in [-0.2, -0.15) is 13.2 Å². The summed E-state index contributed by atoms with van der Waals surface area (Å²) in [4.78, 5) is 137. The molecule has 2 aromatic heterocycles. The SMILES string of the molecule is CC[C@@]1(O)C(=O)OCc2c1cc1n(c2=O)Cc2c-1nc1cc(F)c(C)c3c1c2[C@@H](N(C)C(=O)[C@H](OCCC(=O)CNC(=O)[C@@H](CC(=O)CNC(=O)CCC(=O)CCCCCN1C(=O)CC(C)C1=O)Cc1ccccc1)C(F)(F)F)CC3. The van der Waals surface area contributed by atoms with E-state index < -0.39 is 109 Å². The largest absolute Gasteiger partial charge is 0.458 e. The molecule has 4 aliphatic rings. The molecule has 0 radical (unpaired) electrons. The van der Waals surface area contributed by atoms with Crippen LogP contribution in [-0.4, -0.2) is 123 Å². The second-order valence-electron chi connectivity index (χ2n) is 21.4. The number of nitrogens with one attached hydrogen (secondary N) is 2. The minimum Gasteiger partial charge on any atom is -0.458 e. The van der Waals surface area contributed by atoms with Crippen molar-refractivity contribution in [3.8, 4) is 11.4 Å². The molecule has 5 atom stereocenters. The van der Waals surface area contributed by atoms with Gasteiger partial charge in [0.2, 0.25) is 29.7 Å². The summed E-state index contributed by atoms with van der Waals surface area (Å²) in [6, 6.07) is 10.2. The average molecular weight is 1130 g/mol. The standard InChI is InChI=1S/C58H64F4N6O13/c1-5-57(79)41-25-45-50-39(29-68(45)54(76)40(41)30-81-56(57)78)49-44(17-16-38-32(3)42(59)26-43(65-50)48(38)49)66(4)55(77)51(58(60,61)62)80-21-19-36(70)27-64-52(74)34(23-33-12-8-6-9-13-33)24-37(71)28-63-46(72)18-15-35(69)14-10-7-11-20-67-47(73)22-31(2)53(67)75/h6,8-9,12-13,25-26,31,34,44,51,79H,5,7,10-11,14-24,27-30H2,1-4H3,(H,63,72)(H,64,74)/t31?,34-,44+,51+,57+/m1/s1. The maximum atomic E-state index is 15.5. The Labute approximate surface area is 463 Å². The topological polar surface area (TPSA) is 258 Å². The lowest BCUT2D eigenvalue weighted by molar-refractivity contribution is -0.224. The number of esters is 1. The van der Waals surface area contributed by atoms with Gasteiger partial charge in [0.05, 0.1) is 54.8 Å². The van der Waals surface area contributed by atoms with Crippen molar-refractivity contribution in [2.45, 2.75) is 141 Å². The number of ether oxygens (including phenoxy) is 2. The number of likely N-dealkylation sites (N-methyl/N-ethyl adjacent to an activating group) is 1. The number of likely N-dealkylation sites (tertiary alicyclic amines) is 1. The number of benzene rings is 2. The lowest BCUT2D eigenvalue weighted by atomic mass is 9.81. The van der Waals surface area contributed by atoms with E-state index in [9.17, 15) is 66.2 Å². The van der Waals surface area contributed by atoms with Gasteiger partial charge < -0.3 is 34.7 Å². The molecule has 23 heteroatoms. The number of carbonyl (C=O) groups excluding carboxylic acids is 9. The summed E-state index contributed by atoms with van der Waals surface area (Å²) < 4.78 is 71.8. The molecule has 4 aromatic rings. The Kier molecular flexibility index (Phi) is 18.2. The summed E-state index contributed by atoms with van der Waals surface area (Å²) in [5.74, 6) is -7.55. The maximum absolute atomic E-state index is 15.5. The van der Waals surface area contributed by atoms with Crippen LogP contribution >= 0.6 is 0 Å². The fraction of sp³-hybridized carbons (Fsp3) is 0.500. The van der Waals surface area contributed by atoms with Crippen LogP contribution < -0.4 is 16.2 Å². The predicted octanol–water partition coefficient (Wildman–Crippen LogP) is 5.23. The van der Waals surface area contributed by atoms with Gasteiger partial charge in [-0.25, -0.2) is 14.2 Å². The second kappa shape index (κ2) is 24.7. The first-order valence-corrected chi connectivity index (χ1v) is 27.2. The Morgan fingerprint density at radius 3 is 2.35 bits per heavy atom. The Morgan fingerprint density at radius 2 is 1.65 bits per heavy atom. The van der Waals surface area contributed by atoms with Crippen molar-refractivity contribution in [1.29, 1.82) is 0 Å². The number of imide groups is 1. The number of hydrogen-bond acceptors (Lipinski definition) is 14. The normalized spacial score (nSPS) is 18.9. The third-order valence-electron chi connectivity index (χ3n) is 15.9. The van der Waals surface area contributed by atoms with Crippen molar-refractivity contribution >= 4 is 63.8 Å². The average Bonchev–Trinajstić information content (AvgIpc) is 4.17. The van der Waals surface area contributed by atoms with Crippen LogP contribution in [-0.2, 0) is 84.2 Å². The summed E-state index contributed by atoms with van der Waals surface area (Å²) in [5.41, 5.74) is -0.117. The molecule has 0 spiro atoms. The lowest BCUT2D eigenvalue weighted by Crippen LogP contribution is -2.48. The third-order valence-corrected chi connectivity index (χ3v) is 15.9. The Morgan fingerprint density at radius 1 is 0.926 bits per heavy atom. The van der Waals surface area contributed by atoms with Crippen molar-refractivity contribution in [3.63, 3.8) is 0 Å². The highest BCUT2D eigenvalue weighted by Gasteiger charge is 2.50. The van der Waals surface area contributed by atoms with Gasteiger partial charge in [-0.05, 0) is 73.8 Å². The van der Waals surface area contributed by atoms with Gasteiger partial charge in [-0.3, -0.25) is 48.1 Å². The quantitative estimate of drug-likeness (QED) is 0.0293. The number of carbonyl (C=O) groups is 9. The highest BCUT2D eigenvalue weighted by atomic mass is 19.4. The van der Waals surface area contributed by atoms with Crippen LogP contribution in [0, 0.1) is 24.6 Å². The van der Waals surface area contributed by atoms with Crippen LogP contribution in [0.5, 0.6) is 0 Å². The van der Waals surface area contributed by atoms with Crippen molar-refractivity contribution in [3.05, 3.63) is 97.6 Å². The highest BCUT2D eigenvalue weighted by molar-refractivity contribution is 6.03. The smallest absolute Gasteiger partial charge is 0.423 e. The van der Waals surface area contributed by atoms with Gasteiger partial charge >= 0.3 is 12.1 Å². The zero-order valence-electron chi connectivity index (χ0n) is 45.4. The third kappa shape index (κ3) is 12.7. The van der Waals surface area contributed by atoms with Gasteiger partial charge in [0.15, 0.2) is 17.2 Å². The minimum absolute atomic E-state index is 0.0137. The zero-order valence-corrected chi connectivity index (χ0v) is 45.4. The molecule has 81 heavy (non-hydrogen) atoms. The molecule has 5 amide bonds. The molecular weight excluding hydrogens is 1060 g/mol. The summed E-state index contributed by atoms with van der Waals surface area (Å²) >= 11 is 0. The van der Waals surface area contributed by atoms with Gasteiger partial charge in [0.1, 0.15) is 18.2 Å². The van der Waals surface area contributed by atoms with Crippen LogP contribution in [0.3, 0.4) is 0 Å². The molecule has 1 saturated heterocycles. The second-order valence-corrected chi connectivity index (χ2v) is 21.4. The Balaban J connectivity index is 0.863.